The molecule has 20 heavy (non-hydrogen) atoms. The molecule has 0 atom stereocenters. The van der Waals surface area contributed by atoms with Crippen molar-refractivity contribution in [3.8, 4) is 0 Å². The summed E-state index contributed by atoms with van der Waals surface area (Å²) in [4.78, 5) is 4.23. The molecule has 2 rings (SSSR count). The molecule has 2 aromatic rings. The third kappa shape index (κ3) is 2.91. The number of rotatable bonds is 3. The molecule has 0 spiro atoms. The molecule has 0 fully saturated rings. The second-order valence-corrected chi connectivity index (χ2v) is 6.46. The van der Waals surface area contributed by atoms with Gasteiger partial charge in [0.2, 0.25) is 0 Å². The van der Waals surface area contributed by atoms with Crippen LogP contribution in [0.25, 0.3) is 0 Å². The second kappa shape index (κ2) is 5.13. The van der Waals surface area contributed by atoms with Gasteiger partial charge in [-0.25, -0.2) is 8.42 Å². The Morgan fingerprint density at radius 2 is 1.65 bits per heavy atom. The van der Waals surface area contributed by atoms with Gasteiger partial charge in [-0.3, -0.25) is 9.71 Å². The lowest BCUT2D eigenvalue weighted by atomic mass is 10.1. The van der Waals surface area contributed by atoms with E-state index in [4.69, 9.17) is 5.73 Å². The minimum atomic E-state index is -3.65. The summed E-state index contributed by atoms with van der Waals surface area (Å²) in [6, 6.07) is 5.03. The van der Waals surface area contributed by atoms with Gasteiger partial charge in [-0.05, 0) is 55.7 Å². The van der Waals surface area contributed by atoms with Crippen molar-refractivity contribution in [2.45, 2.75) is 25.7 Å². The first kappa shape index (κ1) is 14.3. The molecule has 0 aliphatic rings. The highest BCUT2D eigenvalue weighted by atomic mass is 32.2. The van der Waals surface area contributed by atoms with E-state index in [1.54, 1.807) is 38.2 Å². The molecule has 0 aliphatic heterocycles. The summed E-state index contributed by atoms with van der Waals surface area (Å²) in [5.41, 5.74) is 8.84. The molecular weight excluding hydrogens is 274 g/mol. The topological polar surface area (TPSA) is 85.1 Å². The van der Waals surface area contributed by atoms with Crippen molar-refractivity contribution >= 4 is 21.4 Å². The zero-order valence-corrected chi connectivity index (χ0v) is 12.5. The molecule has 0 aliphatic carbocycles. The smallest absolute Gasteiger partial charge is 0.262 e. The Bertz CT molecular complexity index is 732. The number of hydrogen-bond donors (Lipinski definition) is 2. The van der Waals surface area contributed by atoms with Gasteiger partial charge in [0.1, 0.15) is 0 Å². The van der Waals surface area contributed by atoms with Crippen molar-refractivity contribution in [2.24, 2.45) is 0 Å². The number of nitrogen functional groups attached to an aromatic ring is 1. The van der Waals surface area contributed by atoms with Gasteiger partial charge in [-0.2, -0.15) is 0 Å². The van der Waals surface area contributed by atoms with Gasteiger partial charge in [0.15, 0.2) is 0 Å². The van der Waals surface area contributed by atoms with Crippen LogP contribution in [-0.4, -0.2) is 13.4 Å². The Hall–Kier alpha value is -2.08. The van der Waals surface area contributed by atoms with Crippen LogP contribution < -0.4 is 10.5 Å². The van der Waals surface area contributed by atoms with Crippen LogP contribution in [0, 0.1) is 20.8 Å². The van der Waals surface area contributed by atoms with E-state index in [0.717, 1.165) is 5.56 Å². The summed E-state index contributed by atoms with van der Waals surface area (Å²) in [6.07, 6.45) is 3.14. The van der Waals surface area contributed by atoms with Gasteiger partial charge >= 0.3 is 0 Å². The number of hydrogen-bond acceptors (Lipinski definition) is 4. The van der Waals surface area contributed by atoms with Crippen LogP contribution in [0.5, 0.6) is 0 Å². The number of aromatic nitrogens is 1. The third-order valence-corrected chi connectivity index (χ3v) is 4.56. The lowest BCUT2D eigenvalue weighted by Crippen LogP contribution is -2.16. The normalized spacial score (nSPS) is 11.3. The maximum Gasteiger partial charge on any atom is 0.262 e. The van der Waals surface area contributed by atoms with Crippen LogP contribution in [0.3, 0.4) is 0 Å². The molecule has 0 amide bonds. The van der Waals surface area contributed by atoms with E-state index in [1.165, 1.54) is 6.20 Å². The Labute approximate surface area is 118 Å². The Morgan fingerprint density at radius 3 is 2.20 bits per heavy atom. The number of benzene rings is 1. The number of aryl methyl sites for hydroxylation is 3. The average Bonchev–Trinajstić information content (AvgIpc) is 2.25. The molecule has 3 N–H and O–H groups in total. The largest absolute Gasteiger partial charge is 0.399 e. The molecule has 0 saturated heterocycles. The van der Waals surface area contributed by atoms with Crippen molar-refractivity contribution in [1.82, 2.24) is 4.98 Å². The second-order valence-electron chi connectivity index (χ2n) is 4.84. The minimum absolute atomic E-state index is 0.258. The van der Waals surface area contributed by atoms with Crippen LogP contribution >= 0.6 is 0 Å². The summed E-state index contributed by atoms with van der Waals surface area (Å²) < 4.78 is 27.5. The summed E-state index contributed by atoms with van der Waals surface area (Å²) >= 11 is 0. The van der Waals surface area contributed by atoms with Gasteiger partial charge in [-0.15, -0.1) is 0 Å². The van der Waals surface area contributed by atoms with Crippen molar-refractivity contribution in [3.05, 3.63) is 47.3 Å². The van der Waals surface area contributed by atoms with E-state index in [-0.39, 0.29) is 4.90 Å². The molecule has 6 heteroatoms. The number of nitrogens with one attached hydrogen (secondary N) is 1. The Morgan fingerprint density at radius 1 is 1.05 bits per heavy atom. The predicted octanol–water partition coefficient (Wildman–Crippen LogP) is 2.39. The number of pyridine rings is 1. The SMILES string of the molecule is Cc1cncc(NS(=O)(=O)c2c(C)cc(N)cc2C)c1. The molecular formula is C14H17N3O2S. The summed E-state index contributed by atoms with van der Waals surface area (Å²) in [7, 11) is -3.65. The van der Waals surface area contributed by atoms with Gasteiger partial charge in [0.05, 0.1) is 16.8 Å². The fourth-order valence-electron chi connectivity index (χ4n) is 2.22. The fraction of sp³-hybridized carbons (Fsp3) is 0.214. The van der Waals surface area contributed by atoms with Crippen molar-refractivity contribution in [1.29, 1.82) is 0 Å². The Balaban J connectivity index is 2.46. The van der Waals surface area contributed by atoms with E-state index in [1.807, 2.05) is 6.92 Å². The zero-order valence-electron chi connectivity index (χ0n) is 11.6. The lowest BCUT2D eigenvalue weighted by Gasteiger charge is -2.13. The molecule has 106 valence electrons. The van der Waals surface area contributed by atoms with E-state index in [2.05, 4.69) is 9.71 Å². The molecule has 5 nitrogen and oxygen atoms in total. The maximum absolute atomic E-state index is 12.5. The summed E-state index contributed by atoms with van der Waals surface area (Å²) in [5, 5.41) is 0. The highest BCUT2D eigenvalue weighted by Gasteiger charge is 2.20. The lowest BCUT2D eigenvalue weighted by molar-refractivity contribution is 0.600. The zero-order chi connectivity index (χ0) is 14.9. The van der Waals surface area contributed by atoms with Gasteiger partial charge in [0.25, 0.3) is 10.0 Å². The van der Waals surface area contributed by atoms with Gasteiger partial charge < -0.3 is 5.73 Å². The highest BCUT2D eigenvalue weighted by molar-refractivity contribution is 7.92. The monoisotopic (exact) mass is 291 g/mol. The summed E-state index contributed by atoms with van der Waals surface area (Å²) in [6.45, 7) is 5.31. The van der Waals surface area contributed by atoms with Crippen molar-refractivity contribution in [3.63, 3.8) is 0 Å². The van der Waals surface area contributed by atoms with Crippen LogP contribution in [0.4, 0.5) is 11.4 Å². The fourth-order valence-corrected chi connectivity index (χ4v) is 3.71. The van der Waals surface area contributed by atoms with Crippen LogP contribution in [0.15, 0.2) is 35.5 Å². The molecule has 1 aromatic heterocycles. The van der Waals surface area contributed by atoms with Gasteiger partial charge in [0, 0.05) is 11.9 Å². The Kier molecular flexibility index (Phi) is 3.67. The standard InChI is InChI=1S/C14H17N3O2S/c1-9-4-13(8-16-7-9)17-20(18,19)14-10(2)5-12(15)6-11(14)3/h4-8,17H,15H2,1-3H3. The first-order chi connectivity index (χ1) is 9.29. The first-order valence-corrected chi connectivity index (χ1v) is 7.59. The molecule has 0 bridgehead atoms. The van der Waals surface area contributed by atoms with Crippen LogP contribution in [0.1, 0.15) is 16.7 Å². The van der Waals surface area contributed by atoms with Crippen molar-refractivity contribution < 1.29 is 8.42 Å². The minimum Gasteiger partial charge on any atom is -0.399 e. The van der Waals surface area contributed by atoms with Gasteiger partial charge in [-0.1, -0.05) is 0 Å². The van der Waals surface area contributed by atoms with E-state index in [9.17, 15) is 8.42 Å². The maximum atomic E-state index is 12.5. The predicted molar refractivity (Wildman–Crippen MR) is 80.1 cm³/mol. The van der Waals surface area contributed by atoms with E-state index < -0.39 is 10.0 Å². The van der Waals surface area contributed by atoms with Crippen molar-refractivity contribution in [2.75, 3.05) is 10.5 Å². The third-order valence-electron chi connectivity index (χ3n) is 2.88. The van der Waals surface area contributed by atoms with Crippen LogP contribution in [-0.2, 0) is 10.0 Å². The number of anilines is 2. The summed E-state index contributed by atoms with van der Waals surface area (Å²) in [5.74, 6) is 0. The number of sulfonamides is 1. The van der Waals surface area contributed by atoms with E-state index >= 15 is 0 Å². The molecule has 0 saturated carbocycles. The molecule has 0 radical (unpaired) electrons. The number of nitrogens with zero attached hydrogens (tertiary/aromatic N) is 1. The molecule has 0 unspecified atom stereocenters. The molecule has 1 heterocycles. The van der Waals surface area contributed by atoms with Crippen LogP contribution in [0.2, 0.25) is 0 Å². The number of nitrogens with two attached hydrogens (primary N) is 1. The molecule has 1 aromatic carbocycles. The quantitative estimate of drug-likeness (QED) is 0.850. The first-order valence-electron chi connectivity index (χ1n) is 6.11. The highest BCUT2D eigenvalue weighted by Crippen LogP contribution is 2.25. The average molecular weight is 291 g/mol. The van der Waals surface area contributed by atoms with E-state index in [0.29, 0.717) is 22.5 Å².